The normalized spacial score (nSPS) is 23.6. The van der Waals surface area contributed by atoms with E-state index >= 15 is 0 Å². The Morgan fingerprint density at radius 2 is 1.89 bits per heavy atom. The Hall–Kier alpha value is -2.20. The van der Waals surface area contributed by atoms with Crippen LogP contribution in [0.25, 0.3) is 11.1 Å². The van der Waals surface area contributed by atoms with Crippen LogP contribution in [0.5, 0.6) is 0 Å². The van der Waals surface area contributed by atoms with Crippen LogP contribution in [0.3, 0.4) is 0 Å². The number of amides is 1. The molecule has 0 aliphatic carbocycles. The molecule has 2 atom stereocenters. The number of piperidine rings is 1. The number of rotatable bonds is 1. The molecular formula is C22H23ClN2O2. The number of likely N-dealkylation sites (tertiary alicyclic amines) is 1. The van der Waals surface area contributed by atoms with Crippen LogP contribution < -0.4 is 4.90 Å². The minimum Gasteiger partial charge on any atom is -0.465 e. The van der Waals surface area contributed by atoms with E-state index in [4.69, 9.17) is 11.6 Å². The van der Waals surface area contributed by atoms with Gasteiger partial charge in [-0.2, -0.15) is 0 Å². The molecule has 0 spiro atoms. The minimum atomic E-state index is -0.797. The zero-order valence-corrected chi connectivity index (χ0v) is 16.0. The fourth-order valence-corrected chi connectivity index (χ4v) is 5.31. The summed E-state index contributed by atoms with van der Waals surface area (Å²) in [5, 5.41) is 10.2. The van der Waals surface area contributed by atoms with Crippen molar-refractivity contribution in [1.82, 2.24) is 4.90 Å². The molecule has 140 valence electrons. The summed E-state index contributed by atoms with van der Waals surface area (Å²) in [7, 11) is 0. The molecular weight excluding hydrogens is 360 g/mol. The van der Waals surface area contributed by atoms with Crippen molar-refractivity contribution >= 4 is 23.4 Å². The predicted molar refractivity (Wildman–Crippen MR) is 108 cm³/mol. The topological polar surface area (TPSA) is 43.8 Å². The molecule has 1 N–H and O–H groups in total. The first-order valence-corrected chi connectivity index (χ1v) is 10.2. The molecule has 1 saturated heterocycles. The van der Waals surface area contributed by atoms with Gasteiger partial charge in [0.15, 0.2) is 0 Å². The van der Waals surface area contributed by atoms with Gasteiger partial charge < -0.3 is 14.9 Å². The summed E-state index contributed by atoms with van der Waals surface area (Å²) in [4.78, 5) is 15.7. The average molecular weight is 383 g/mol. The monoisotopic (exact) mass is 382 g/mol. The number of halogens is 1. The van der Waals surface area contributed by atoms with Crippen LogP contribution in [0.4, 0.5) is 10.5 Å². The van der Waals surface area contributed by atoms with Gasteiger partial charge in [-0.3, -0.25) is 0 Å². The predicted octanol–water partition coefficient (Wildman–Crippen LogP) is 5.00. The maximum absolute atomic E-state index is 11.6. The number of hydrogen-bond donors (Lipinski definition) is 1. The van der Waals surface area contributed by atoms with E-state index in [-0.39, 0.29) is 5.92 Å². The van der Waals surface area contributed by atoms with Gasteiger partial charge in [0, 0.05) is 42.3 Å². The second-order valence-electron chi connectivity index (χ2n) is 7.92. The highest BCUT2D eigenvalue weighted by atomic mass is 35.5. The van der Waals surface area contributed by atoms with Gasteiger partial charge in [-0.05, 0) is 72.2 Å². The fraction of sp³-hybridized carbons (Fsp3) is 0.409. The zero-order valence-electron chi connectivity index (χ0n) is 15.2. The van der Waals surface area contributed by atoms with Crippen LogP contribution in [-0.4, -0.2) is 41.8 Å². The highest BCUT2D eigenvalue weighted by molar-refractivity contribution is 6.30. The van der Waals surface area contributed by atoms with Gasteiger partial charge in [-0.1, -0.05) is 23.7 Å². The van der Waals surface area contributed by atoms with Gasteiger partial charge in [-0.25, -0.2) is 4.79 Å². The molecule has 0 unspecified atom stereocenters. The Kier molecular flexibility index (Phi) is 4.05. The lowest BCUT2D eigenvalue weighted by Gasteiger charge is -2.37. The molecule has 0 bridgehead atoms. The van der Waals surface area contributed by atoms with Crippen molar-refractivity contribution in [1.29, 1.82) is 0 Å². The van der Waals surface area contributed by atoms with E-state index in [1.807, 2.05) is 12.1 Å². The van der Waals surface area contributed by atoms with E-state index in [2.05, 4.69) is 29.2 Å². The third-order valence-corrected chi connectivity index (χ3v) is 6.68. The highest BCUT2D eigenvalue weighted by Crippen LogP contribution is 2.49. The van der Waals surface area contributed by atoms with Gasteiger partial charge in [0.05, 0.1) is 0 Å². The average Bonchev–Trinajstić information content (AvgIpc) is 2.83. The third-order valence-electron chi connectivity index (χ3n) is 6.42. The van der Waals surface area contributed by atoms with E-state index in [0.717, 1.165) is 24.4 Å². The van der Waals surface area contributed by atoms with E-state index in [0.29, 0.717) is 19.1 Å². The van der Waals surface area contributed by atoms with Crippen molar-refractivity contribution in [2.24, 2.45) is 0 Å². The van der Waals surface area contributed by atoms with Gasteiger partial charge in [0.1, 0.15) is 0 Å². The Labute approximate surface area is 164 Å². The summed E-state index contributed by atoms with van der Waals surface area (Å²) in [6, 6.07) is 13.1. The van der Waals surface area contributed by atoms with E-state index < -0.39 is 6.09 Å². The summed E-state index contributed by atoms with van der Waals surface area (Å²) in [6.45, 7) is 2.34. The number of hydrogen-bond acceptors (Lipinski definition) is 2. The van der Waals surface area contributed by atoms with Gasteiger partial charge in [0.25, 0.3) is 0 Å². The van der Waals surface area contributed by atoms with Crippen LogP contribution >= 0.6 is 11.6 Å². The van der Waals surface area contributed by atoms with Crippen LogP contribution in [0.1, 0.15) is 36.3 Å². The first-order valence-electron chi connectivity index (χ1n) is 9.79. The number of nitrogens with zero attached hydrogens (tertiary/aromatic N) is 2. The van der Waals surface area contributed by atoms with Gasteiger partial charge in [-0.15, -0.1) is 0 Å². The molecule has 3 heterocycles. The number of anilines is 1. The second kappa shape index (κ2) is 6.45. The van der Waals surface area contributed by atoms with Crippen molar-refractivity contribution < 1.29 is 9.90 Å². The molecule has 1 fully saturated rings. The van der Waals surface area contributed by atoms with E-state index in [1.165, 1.54) is 40.8 Å². The molecule has 3 aliphatic heterocycles. The molecule has 0 aromatic heterocycles. The molecule has 27 heavy (non-hydrogen) atoms. The standard InChI is InChI=1S/C22H23ClN2O2/c23-17-6-4-14(5-7-17)16-11-15-3-1-2-9-25-20-8-10-24(22(26)27)13-19(20)18(12-16)21(15)25/h4-7,11-12,19-20H,1-3,8-10,13H2,(H,26,27)/t19-,20-/m0/s1. The van der Waals surface area contributed by atoms with Crippen molar-refractivity contribution in [3.63, 3.8) is 0 Å². The number of carboxylic acid groups (broad SMARTS) is 1. The number of aryl methyl sites for hydroxylation is 1. The Balaban J connectivity index is 1.63. The first kappa shape index (κ1) is 16.9. The molecule has 3 aliphatic rings. The van der Waals surface area contributed by atoms with E-state index in [1.54, 1.807) is 4.90 Å². The van der Waals surface area contributed by atoms with E-state index in [9.17, 15) is 9.90 Å². The van der Waals surface area contributed by atoms with Gasteiger partial charge in [0.2, 0.25) is 0 Å². The van der Waals surface area contributed by atoms with Gasteiger partial charge >= 0.3 is 6.09 Å². The first-order chi connectivity index (χ1) is 13.1. The van der Waals surface area contributed by atoms with Crippen LogP contribution in [0, 0.1) is 0 Å². The Bertz CT molecular complexity index is 896. The summed E-state index contributed by atoms with van der Waals surface area (Å²) in [5.74, 6) is 0.272. The maximum atomic E-state index is 11.6. The molecule has 2 aromatic carbocycles. The molecule has 4 nitrogen and oxygen atoms in total. The highest BCUT2D eigenvalue weighted by Gasteiger charge is 2.44. The van der Waals surface area contributed by atoms with Crippen molar-refractivity contribution in [3.8, 4) is 11.1 Å². The summed E-state index contributed by atoms with van der Waals surface area (Å²) in [5.41, 5.74) is 6.55. The zero-order chi connectivity index (χ0) is 18.5. The molecule has 1 amide bonds. The van der Waals surface area contributed by atoms with Crippen LogP contribution in [-0.2, 0) is 6.42 Å². The molecule has 0 saturated carbocycles. The summed E-state index contributed by atoms with van der Waals surface area (Å²) >= 11 is 6.07. The number of carbonyl (C=O) groups is 1. The number of benzene rings is 2. The van der Waals surface area contributed by atoms with Crippen LogP contribution in [0.15, 0.2) is 36.4 Å². The SMILES string of the molecule is O=C(O)N1CC[C@H]2[C@@H](C1)c1cc(-c3ccc(Cl)cc3)cc3c1N2CCCC3. The summed E-state index contributed by atoms with van der Waals surface area (Å²) in [6.07, 6.45) is 3.64. The van der Waals surface area contributed by atoms with Crippen molar-refractivity contribution in [3.05, 3.63) is 52.5 Å². The van der Waals surface area contributed by atoms with Crippen molar-refractivity contribution in [2.45, 2.75) is 37.6 Å². The maximum Gasteiger partial charge on any atom is 0.407 e. The molecule has 5 rings (SSSR count). The summed E-state index contributed by atoms with van der Waals surface area (Å²) < 4.78 is 0. The fourth-order valence-electron chi connectivity index (χ4n) is 5.18. The minimum absolute atomic E-state index is 0.272. The molecule has 2 aromatic rings. The lowest BCUT2D eigenvalue weighted by Crippen LogP contribution is -2.48. The second-order valence-corrected chi connectivity index (χ2v) is 8.36. The Morgan fingerprint density at radius 3 is 2.67 bits per heavy atom. The lowest BCUT2D eigenvalue weighted by atomic mass is 9.86. The smallest absolute Gasteiger partial charge is 0.407 e. The molecule has 5 heteroatoms. The van der Waals surface area contributed by atoms with Crippen molar-refractivity contribution in [2.75, 3.05) is 24.5 Å². The Morgan fingerprint density at radius 1 is 1.07 bits per heavy atom. The largest absolute Gasteiger partial charge is 0.465 e. The molecule has 0 radical (unpaired) electrons. The quantitative estimate of drug-likeness (QED) is 0.754. The lowest BCUT2D eigenvalue weighted by molar-refractivity contribution is 0.127. The number of fused-ring (bicyclic) bond motifs is 3. The third kappa shape index (κ3) is 2.78. The van der Waals surface area contributed by atoms with Crippen LogP contribution in [0.2, 0.25) is 5.02 Å².